The third-order valence-corrected chi connectivity index (χ3v) is 4.23. The molecule has 1 aliphatic rings. The number of likely N-dealkylation sites (tertiary alicyclic amines) is 1. The Hall–Kier alpha value is -0.900. The molecular weight excluding hydrogens is 417 g/mol. The minimum absolute atomic E-state index is 0. The third-order valence-electron chi connectivity index (χ3n) is 4.23. The summed E-state index contributed by atoms with van der Waals surface area (Å²) < 4.78 is 2.02. The molecule has 24 heavy (non-hydrogen) atoms. The van der Waals surface area contributed by atoms with Crippen molar-refractivity contribution in [3.8, 4) is 0 Å². The largest absolute Gasteiger partial charge is 0.357 e. The Morgan fingerprint density at radius 3 is 2.67 bits per heavy atom. The first-order chi connectivity index (χ1) is 11.3. The molecule has 2 heterocycles. The van der Waals surface area contributed by atoms with Crippen molar-refractivity contribution in [1.82, 2.24) is 30.3 Å². The summed E-state index contributed by atoms with van der Waals surface area (Å²) >= 11 is 0. The van der Waals surface area contributed by atoms with Crippen LogP contribution in [0.25, 0.3) is 0 Å². The van der Waals surface area contributed by atoms with Crippen molar-refractivity contribution in [2.45, 2.75) is 59.2 Å². The number of piperidine rings is 1. The Bertz CT molecular complexity index is 481. The van der Waals surface area contributed by atoms with Gasteiger partial charge in [-0.05, 0) is 39.7 Å². The second-order valence-electron chi connectivity index (χ2n) is 5.99. The minimum Gasteiger partial charge on any atom is -0.357 e. The Labute approximate surface area is 162 Å². The monoisotopic (exact) mass is 449 g/mol. The van der Waals surface area contributed by atoms with E-state index in [9.17, 15) is 0 Å². The van der Waals surface area contributed by atoms with E-state index in [4.69, 9.17) is 0 Å². The Balaban J connectivity index is 0.00000288. The van der Waals surface area contributed by atoms with Crippen LogP contribution >= 0.6 is 24.0 Å². The molecule has 0 unspecified atom stereocenters. The van der Waals surface area contributed by atoms with Crippen molar-refractivity contribution in [1.29, 1.82) is 0 Å². The zero-order chi connectivity index (χ0) is 16.5. The first-order valence-electron chi connectivity index (χ1n) is 8.90. The summed E-state index contributed by atoms with van der Waals surface area (Å²) in [4.78, 5) is 7.22. The number of rotatable bonds is 7. The molecule has 7 nitrogen and oxygen atoms in total. The number of aliphatic imine (C=N–C) groups is 1. The molecule has 0 atom stereocenters. The highest BCUT2D eigenvalue weighted by atomic mass is 127. The van der Waals surface area contributed by atoms with Crippen molar-refractivity contribution in [3.05, 3.63) is 12.2 Å². The van der Waals surface area contributed by atoms with Crippen molar-refractivity contribution in [3.63, 3.8) is 0 Å². The van der Waals surface area contributed by atoms with Crippen LogP contribution in [-0.4, -0.2) is 57.8 Å². The van der Waals surface area contributed by atoms with Crippen LogP contribution in [0.2, 0.25) is 0 Å². The number of halogens is 1. The van der Waals surface area contributed by atoms with Crippen LogP contribution in [0.15, 0.2) is 11.3 Å². The molecule has 1 aromatic heterocycles. The first-order valence-corrected chi connectivity index (χ1v) is 8.90. The van der Waals surface area contributed by atoms with E-state index in [-0.39, 0.29) is 24.0 Å². The Kier molecular flexibility index (Phi) is 10.2. The Morgan fingerprint density at radius 1 is 1.29 bits per heavy atom. The van der Waals surface area contributed by atoms with Crippen LogP contribution in [-0.2, 0) is 13.1 Å². The van der Waals surface area contributed by atoms with E-state index in [2.05, 4.69) is 51.5 Å². The smallest absolute Gasteiger partial charge is 0.191 e. The lowest BCUT2D eigenvalue weighted by molar-refractivity contribution is 0.206. The standard InChI is InChI=1S/C16H31N7.HI/c1-4-9-22-10-7-14(8-11-22)20-16(17-5-2)18-12-15-21-19-13-23(15)6-3;/h13-14H,4-12H2,1-3H3,(H2,17,18,20);1H. The fourth-order valence-corrected chi connectivity index (χ4v) is 2.95. The van der Waals surface area contributed by atoms with Gasteiger partial charge < -0.3 is 20.1 Å². The van der Waals surface area contributed by atoms with E-state index in [1.165, 1.54) is 38.9 Å². The second kappa shape index (κ2) is 11.6. The van der Waals surface area contributed by atoms with E-state index in [1.54, 1.807) is 6.33 Å². The van der Waals surface area contributed by atoms with E-state index < -0.39 is 0 Å². The topological polar surface area (TPSA) is 70.4 Å². The van der Waals surface area contributed by atoms with Crippen molar-refractivity contribution >= 4 is 29.9 Å². The summed E-state index contributed by atoms with van der Waals surface area (Å²) in [7, 11) is 0. The van der Waals surface area contributed by atoms with Gasteiger partial charge in [0.2, 0.25) is 0 Å². The maximum Gasteiger partial charge on any atom is 0.191 e. The predicted octanol–water partition coefficient (Wildman–Crippen LogP) is 1.85. The van der Waals surface area contributed by atoms with Crippen LogP contribution in [0, 0.1) is 0 Å². The third kappa shape index (κ3) is 6.54. The van der Waals surface area contributed by atoms with Gasteiger partial charge in [-0.2, -0.15) is 0 Å². The van der Waals surface area contributed by atoms with E-state index in [0.29, 0.717) is 12.6 Å². The lowest BCUT2D eigenvalue weighted by Crippen LogP contribution is -2.48. The summed E-state index contributed by atoms with van der Waals surface area (Å²) in [5, 5.41) is 15.0. The number of nitrogens with zero attached hydrogens (tertiary/aromatic N) is 5. The average molecular weight is 449 g/mol. The maximum absolute atomic E-state index is 4.67. The van der Waals surface area contributed by atoms with Gasteiger partial charge >= 0.3 is 0 Å². The summed E-state index contributed by atoms with van der Waals surface area (Å²) in [6, 6.07) is 0.505. The zero-order valence-corrected chi connectivity index (χ0v) is 17.5. The van der Waals surface area contributed by atoms with E-state index in [0.717, 1.165) is 24.9 Å². The fourth-order valence-electron chi connectivity index (χ4n) is 2.95. The van der Waals surface area contributed by atoms with Crippen molar-refractivity contribution in [2.24, 2.45) is 4.99 Å². The molecule has 1 aromatic rings. The van der Waals surface area contributed by atoms with Gasteiger partial charge in [0.25, 0.3) is 0 Å². The molecule has 0 amide bonds. The SMILES string of the molecule is CCCN1CCC(NC(=NCc2nncn2CC)NCC)CC1.I. The Morgan fingerprint density at radius 2 is 2.04 bits per heavy atom. The van der Waals surface area contributed by atoms with Gasteiger partial charge in [-0.25, -0.2) is 4.99 Å². The van der Waals surface area contributed by atoms with Gasteiger partial charge in [0.05, 0.1) is 0 Å². The lowest BCUT2D eigenvalue weighted by atomic mass is 10.1. The summed E-state index contributed by atoms with van der Waals surface area (Å²) in [6.45, 7) is 12.3. The average Bonchev–Trinajstić information content (AvgIpc) is 3.02. The molecule has 0 bridgehead atoms. The summed E-state index contributed by atoms with van der Waals surface area (Å²) in [5.74, 6) is 1.79. The molecule has 1 aliphatic heterocycles. The van der Waals surface area contributed by atoms with Crippen LogP contribution in [0.4, 0.5) is 0 Å². The molecule has 0 saturated carbocycles. The van der Waals surface area contributed by atoms with Gasteiger partial charge in [-0.3, -0.25) is 0 Å². The molecule has 0 aromatic carbocycles. The maximum atomic E-state index is 4.67. The fraction of sp³-hybridized carbons (Fsp3) is 0.812. The zero-order valence-electron chi connectivity index (χ0n) is 15.2. The van der Waals surface area contributed by atoms with Crippen LogP contribution in [0.5, 0.6) is 0 Å². The molecule has 138 valence electrons. The molecule has 1 fully saturated rings. The van der Waals surface area contributed by atoms with Crippen LogP contribution in [0.1, 0.15) is 45.9 Å². The van der Waals surface area contributed by atoms with Crippen LogP contribution < -0.4 is 10.6 Å². The quantitative estimate of drug-likeness (QED) is 0.378. The first kappa shape index (κ1) is 21.1. The summed E-state index contributed by atoms with van der Waals surface area (Å²) in [5.41, 5.74) is 0. The predicted molar refractivity (Wildman–Crippen MR) is 109 cm³/mol. The molecule has 2 N–H and O–H groups in total. The highest BCUT2D eigenvalue weighted by Gasteiger charge is 2.19. The van der Waals surface area contributed by atoms with Crippen molar-refractivity contribution < 1.29 is 0 Å². The molecule has 8 heteroatoms. The highest BCUT2D eigenvalue weighted by Crippen LogP contribution is 2.10. The molecular formula is C16H32IN7. The van der Waals surface area contributed by atoms with Crippen molar-refractivity contribution in [2.75, 3.05) is 26.2 Å². The minimum atomic E-state index is 0. The molecule has 1 saturated heterocycles. The highest BCUT2D eigenvalue weighted by molar-refractivity contribution is 14.0. The lowest BCUT2D eigenvalue weighted by Gasteiger charge is -2.32. The van der Waals surface area contributed by atoms with Crippen LogP contribution in [0.3, 0.4) is 0 Å². The molecule has 0 spiro atoms. The number of aromatic nitrogens is 3. The molecule has 0 aliphatic carbocycles. The molecule has 0 radical (unpaired) electrons. The normalized spacial score (nSPS) is 16.7. The number of aryl methyl sites for hydroxylation is 1. The summed E-state index contributed by atoms with van der Waals surface area (Å²) in [6.07, 6.45) is 5.35. The van der Waals surface area contributed by atoms with Gasteiger partial charge in [0.1, 0.15) is 12.9 Å². The number of hydrogen-bond donors (Lipinski definition) is 2. The van der Waals surface area contributed by atoms with Gasteiger partial charge in [0, 0.05) is 32.2 Å². The van der Waals surface area contributed by atoms with Gasteiger partial charge in [-0.15, -0.1) is 34.2 Å². The number of nitrogens with one attached hydrogen (secondary N) is 2. The van der Waals surface area contributed by atoms with E-state index >= 15 is 0 Å². The number of hydrogen-bond acceptors (Lipinski definition) is 4. The molecule has 2 rings (SSSR count). The number of guanidine groups is 1. The van der Waals surface area contributed by atoms with Gasteiger partial charge in [0.15, 0.2) is 11.8 Å². The van der Waals surface area contributed by atoms with Gasteiger partial charge in [-0.1, -0.05) is 6.92 Å². The second-order valence-corrected chi connectivity index (χ2v) is 5.99. The van der Waals surface area contributed by atoms with E-state index in [1.807, 2.05) is 4.57 Å².